The van der Waals surface area contributed by atoms with Gasteiger partial charge in [-0.3, -0.25) is 8.61 Å². The van der Waals surface area contributed by atoms with E-state index in [1.54, 1.807) is 23.9 Å². The largest absolute Gasteiger partial charge is 0.458 e. The first-order chi connectivity index (χ1) is 54.4. The molecule has 110 heavy (non-hydrogen) atoms. The van der Waals surface area contributed by atoms with E-state index in [9.17, 15) is 10.5 Å². The summed E-state index contributed by atoms with van der Waals surface area (Å²) in [5.41, 5.74) is 32.0. The maximum atomic E-state index is 11.0. The van der Waals surface area contributed by atoms with Crippen LogP contribution in [0.3, 0.4) is 0 Å². The smallest absolute Gasteiger partial charge is 0.256 e. The van der Waals surface area contributed by atoms with Crippen molar-refractivity contribution < 1.29 is 4.74 Å². The number of hydrogen-bond donors (Lipinski definition) is 1. The number of para-hydroxylation sites is 8. The van der Waals surface area contributed by atoms with E-state index in [2.05, 4.69) is 391 Å². The predicted octanol–water partition coefficient (Wildman–Crippen LogP) is 18.6. The molecule has 6 aliphatic rings. The summed E-state index contributed by atoms with van der Waals surface area (Å²) in [6, 6.07) is 126. The average Bonchev–Trinajstić information content (AvgIpc) is 0.690. The van der Waals surface area contributed by atoms with E-state index in [1.807, 2.05) is 12.1 Å². The summed E-state index contributed by atoms with van der Waals surface area (Å²) in [7, 11) is 0. The van der Waals surface area contributed by atoms with Crippen molar-refractivity contribution in [3.8, 4) is 23.6 Å². The van der Waals surface area contributed by atoms with Crippen LogP contribution >= 0.6 is 23.9 Å². The molecule has 6 aliphatic heterocycles. The van der Waals surface area contributed by atoms with Gasteiger partial charge in [0.25, 0.3) is 20.1 Å². The SMILES string of the molecule is CSN1c2cc3c(cc2B2c4cc5c(cc4Oc4cc(N(c6ccccc6)c6ccccc6)cc1c42)N(SC)c1cc(N(c2ccccc2)c2ccccc2)cc2c1B5c1cc(C#N)ccc1N2c1ccccc1)B1c2cc(C#N)ccc2N(c2ccccc2)c2cc(N(c4ccccc4)c4ccccc4)cc(c21)N3. The lowest BCUT2D eigenvalue weighted by Gasteiger charge is -2.45. The predicted molar refractivity (Wildman–Crippen MR) is 464 cm³/mol. The first-order valence-corrected chi connectivity index (χ1v) is 39.3. The Kier molecular flexibility index (Phi) is 15.4. The van der Waals surface area contributed by atoms with Gasteiger partial charge in [-0.15, -0.1) is 0 Å². The number of nitriles is 2. The van der Waals surface area contributed by atoms with Gasteiger partial charge in [-0.25, -0.2) is 0 Å². The molecule has 0 radical (unpaired) electrons. The molecule has 0 bridgehead atoms. The van der Waals surface area contributed by atoms with Crippen molar-refractivity contribution >= 4 is 213 Å². The van der Waals surface area contributed by atoms with Crippen molar-refractivity contribution in [3.05, 3.63) is 351 Å². The molecule has 0 spiro atoms. The molecule has 0 aromatic heterocycles. The summed E-state index contributed by atoms with van der Waals surface area (Å²) in [6.07, 6.45) is 4.35. The Morgan fingerprint density at radius 2 is 0.645 bits per heavy atom. The number of ether oxygens (including phenoxy) is 1. The van der Waals surface area contributed by atoms with Gasteiger partial charge in [0.05, 0.1) is 57.4 Å². The van der Waals surface area contributed by atoms with Crippen LogP contribution in [0.25, 0.3) is 0 Å². The fourth-order valence-electron chi connectivity index (χ4n) is 17.9. The zero-order valence-corrected chi connectivity index (χ0v) is 61.4. The molecule has 0 aliphatic carbocycles. The van der Waals surface area contributed by atoms with Crippen molar-refractivity contribution in [3.63, 3.8) is 0 Å². The second-order valence-corrected chi connectivity index (χ2v) is 29.7. The highest BCUT2D eigenvalue weighted by Crippen LogP contribution is 2.52. The third-order valence-corrected chi connectivity index (χ3v) is 23.9. The van der Waals surface area contributed by atoms with E-state index in [0.29, 0.717) is 11.1 Å². The van der Waals surface area contributed by atoms with Crippen LogP contribution in [0.15, 0.2) is 340 Å². The third-order valence-electron chi connectivity index (χ3n) is 22.4. The number of fused-ring (bicyclic) bond motifs is 12. The number of hydrogen-bond acceptors (Lipinski definition) is 13. The molecule has 16 heteroatoms. The summed E-state index contributed by atoms with van der Waals surface area (Å²) in [5, 5.41) is 26.2. The number of anilines is 21. The zero-order chi connectivity index (χ0) is 73.2. The second kappa shape index (κ2) is 26.1. The minimum Gasteiger partial charge on any atom is -0.458 e. The lowest BCUT2D eigenvalue weighted by molar-refractivity contribution is 0.488. The van der Waals surface area contributed by atoms with Gasteiger partial charge in [-0.2, -0.15) is 10.5 Å². The Morgan fingerprint density at radius 3 is 1.08 bits per heavy atom. The lowest BCUT2D eigenvalue weighted by atomic mass is 9.29. The van der Waals surface area contributed by atoms with Gasteiger partial charge in [0, 0.05) is 110 Å². The molecule has 21 rings (SSSR count). The molecule has 15 aromatic carbocycles. The van der Waals surface area contributed by atoms with Crippen LogP contribution in [0, 0.1) is 22.7 Å². The van der Waals surface area contributed by atoms with E-state index in [1.165, 1.54) is 0 Å². The van der Waals surface area contributed by atoms with Crippen LogP contribution in [0.5, 0.6) is 11.5 Å². The van der Waals surface area contributed by atoms with Gasteiger partial charge in [-0.05, 0) is 243 Å². The Hall–Kier alpha value is -13.6. The molecular weight excluding hydrogens is 1380 g/mol. The quantitative estimate of drug-likeness (QED) is 0.0878. The summed E-state index contributed by atoms with van der Waals surface area (Å²) in [5.74, 6) is 1.50. The third kappa shape index (κ3) is 10.2. The molecule has 0 saturated carbocycles. The van der Waals surface area contributed by atoms with Crippen LogP contribution in [0.1, 0.15) is 11.1 Å². The fourth-order valence-corrected chi connectivity index (χ4v) is 19.4. The molecule has 15 aromatic rings. The van der Waals surface area contributed by atoms with Gasteiger partial charge >= 0.3 is 0 Å². The summed E-state index contributed by atoms with van der Waals surface area (Å²) >= 11 is 3.36. The van der Waals surface area contributed by atoms with Crippen molar-refractivity contribution in [2.75, 3.05) is 50.9 Å². The van der Waals surface area contributed by atoms with E-state index < -0.39 is 0 Å². The van der Waals surface area contributed by atoms with E-state index >= 15 is 0 Å². The van der Waals surface area contributed by atoms with Gasteiger partial charge in [-0.1, -0.05) is 158 Å². The highest BCUT2D eigenvalue weighted by Gasteiger charge is 2.50. The second-order valence-electron chi connectivity index (χ2n) is 28.3. The van der Waals surface area contributed by atoms with Gasteiger partial charge in [0.15, 0.2) is 0 Å². The maximum absolute atomic E-state index is 11.0. The minimum atomic E-state index is -0.387. The molecule has 516 valence electrons. The highest BCUT2D eigenvalue weighted by molar-refractivity contribution is 8.00. The molecule has 1 N–H and O–H groups in total. The first kappa shape index (κ1) is 64.7. The van der Waals surface area contributed by atoms with Crippen molar-refractivity contribution in [1.29, 1.82) is 10.5 Å². The van der Waals surface area contributed by atoms with Crippen LogP contribution in [-0.4, -0.2) is 32.6 Å². The van der Waals surface area contributed by atoms with Crippen molar-refractivity contribution in [1.82, 2.24) is 0 Å². The number of benzene rings is 15. The Labute approximate surface area is 648 Å². The summed E-state index contributed by atoms with van der Waals surface area (Å²) in [4.78, 5) is 11.8. The number of nitrogens with zero attached hydrogens (tertiary/aromatic N) is 9. The Balaban J connectivity index is 0.830. The standard InChI is InChI=1S/C94H63B3N10OS2/c1-109-106-84-57-80-74(95-75-47-61(59-98)43-45-82(75)104(69-39-23-9-24-40-69)86-50-71(49-81(100-80)92(86)95)101(63-27-11-3-12-28-63)64-29-13-4-14-30-64)55-77(84)97-79-56-78-85(58-90(79)108-91-54-73(53-89(106)94(91)97)103(67-35-19-7-20-36-67)68-37-21-8-22-38-68)107(110-2)88-52-72(102(65-31-15-5-16-32-65)66-33-17-6-18-34-66)51-87-93(88)96(78)76-48-62(60-99)44-46-83(76)105(87)70-41-25-10-26-42-70/h3-58,100H,1-2H3. The van der Waals surface area contributed by atoms with E-state index in [4.69, 9.17) is 4.74 Å². The Bertz CT molecular complexity index is 6190. The van der Waals surface area contributed by atoms with Gasteiger partial charge in [0.1, 0.15) is 11.5 Å². The molecule has 11 nitrogen and oxygen atoms in total. The highest BCUT2D eigenvalue weighted by atomic mass is 32.2. The summed E-state index contributed by atoms with van der Waals surface area (Å²) in [6.45, 7) is -1.08. The topological polar surface area (TPSA) is 91.5 Å². The van der Waals surface area contributed by atoms with E-state index in [-0.39, 0.29) is 20.1 Å². The fraction of sp³-hybridized carbons (Fsp3) is 0.0213. The molecule has 0 amide bonds. The van der Waals surface area contributed by atoms with Crippen molar-refractivity contribution in [2.45, 2.75) is 0 Å². The van der Waals surface area contributed by atoms with Crippen LogP contribution in [-0.2, 0) is 0 Å². The van der Waals surface area contributed by atoms with E-state index in [0.717, 1.165) is 180 Å². The molecule has 0 atom stereocenters. The monoisotopic (exact) mass is 1440 g/mol. The molecule has 0 saturated heterocycles. The van der Waals surface area contributed by atoms with Crippen LogP contribution < -0.4 is 92.3 Å². The average molecular weight is 1450 g/mol. The maximum Gasteiger partial charge on any atom is 0.256 e. The molecule has 0 unspecified atom stereocenters. The van der Waals surface area contributed by atoms with Crippen LogP contribution in [0.4, 0.5) is 119 Å². The Morgan fingerprint density at radius 1 is 0.291 bits per heavy atom. The van der Waals surface area contributed by atoms with Gasteiger partial charge < -0.3 is 34.6 Å². The molecule has 6 heterocycles. The van der Waals surface area contributed by atoms with Crippen molar-refractivity contribution in [2.24, 2.45) is 0 Å². The molecule has 0 fully saturated rings. The minimum absolute atomic E-state index is 0.338. The number of nitrogens with one attached hydrogen (secondary N) is 1. The summed E-state index contributed by atoms with van der Waals surface area (Å²) < 4.78 is 12.7. The number of rotatable bonds is 13. The molecular formula is C94H63B3N10OS2. The first-order valence-electron chi connectivity index (χ1n) is 36.9. The zero-order valence-electron chi connectivity index (χ0n) is 59.8. The van der Waals surface area contributed by atoms with Gasteiger partial charge in [0.2, 0.25) is 0 Å². The normalized spacial score (nSPS) is 13.1. The lowest BCUT2D eigenvalue weighted by Crippen LogP contribution is -2.65. The van der Waals surface area contributed by atoms with Crippen LogP contribution in [0.2, 0.25) is 0 Å².